The van der Waals surface area contributed by atoms with E-state index >= 15 is 0 Å². The fourth-order valence-corrected chi connectivity index (χ4v) is 2.06. The van der Waals surface area contributed by atoms with Gasteiger partial charge in [0.15, 0.2) is 0 Å². The van der Waals surface area contributed by atoms with Gasteiger partial charge in [0, 0.05) is 13.2 Å². The maximum Gasteiger partial charge on any atom is 0.0462 e. The van der Waals surface area contributed by atoms with E-state index in [0.717, 1.165) is 12.5 Å². The van der Waals surface area contributed by atoms with Gasteiger partial charge in [0.25, 0.3) is 0 Å². The molecule has 1 aliphatic rings. The Morgan fingerprint density at radius 3 is 2.45 bits per heavy atom. The monoisotopic (exact) mass is 157 g/mol. The van der Waals surface area contributed by atoms with Crippen molar-refractivity contribution in [3.63, 3.8) is 0 Å². The summed E-state index contributed by atoms with van der Waals surface area (Å²) in [5.74, 6) is 1.33. The molecule has 0 heterocycles. The van der Waals surface area contributed by atoms with E-state index < -0.39 is 0 Å². The standard InChI is InChI=1S/C9H19NO/c1-10(2)6-8-4-3-5-9(8)7-11/h8-9,11H,3-7H2,1-2H3. The zero-order valence-corrected chi connectivity index (χ0v) is 7.58. The van der Waals surface area contributed by atoms with Crippen LogP contribution < -0.4 is 0 Å². The van der Waals surface area contributed by atoms with Crippen LogP contribution in [-0.4, -0.2) is 37.3 Å². The highest BCUT2D eigenvalue weighted by Crippen LogP contribution is 2.31. The third-order valence-electron chi connectivity index (χ3n) is 2.65. The summed E-state index contributed by atoms with van der Waals surface area (Å²) in [7, 11) is 4.21. The van der Waals surface area contributed by atoms with E-state index in [9.17, 15) is 0 Å². The lowest BCUT2D eigenvalue weighted by Crippen LogP contribution is -2.25. The zero-order chi connectivity index (χ0) is 8.27. The van der Waals surface area contributed by atoms with Crippen molar-refractivity contribution in [3.05, 3.63) is 0 Å². The Bertz CT molecular complexity index is 114. The summed E-state index contributed by atoms with van der Waals surface area (Å²) in [4.78, 5) is 2.22. The predicted molar refractivity (Wildman–Crippen MR) is 46.5 cm³/mol. The molecule has 11 heavy (non-hydrogen) atoms. The van der Waals surface area contributed by atoms with Gasteiger partial charge in [-0.1, -0.05) is 6.42 Å². The van der Waals surface area contributed by atoms with Crippen LogP contribution in [0, 0.1) is 11.8 Å². The van der Waals surface area contributed by atoms with Gasteiger partial charge < -0.3 is 10.0 Å². The van der Waals surface area contributed by atoms with E-state index in [1.165, 1.54) is 19.3 Å². The van der Waals surface area contributed by atoms with E-state index in [0.29, 0.717) is 12.5 Å². The van der Waals surface area contributed by atoms with Crippen LogP contribution in [0.3, 0.4) is 0 Å². The van der Waals surface area contributed by atoms with E-state index in [1.807, 2.05) is 0 Å². The molecule has 1 fully saturated rings. The van der Waals surface area contributed by atoms with Crippen LogP contribution in [0.25, 0.3) is 0 Å². The molecule has 2 nitrogen and oxygen atoms in total. The van der Waals surface area contributed by atoms with Crippen LogP contribution in [-0.2, 0) is 0 Å². The van der Waals surface area contributed by atoms with Crippen molar-refractivity contribution >= 4 is 0 Å². The molecule has 0 radical (unpaired) electrons. The molecule has 1 rings (SSSR count). The van der Waals surface area contributed by atoms with E-state index in [4.69, 9.17) is 5.11 Å². The maximum absolute atomic E-state index is 9.03. The first-order valence-electron chi connectivity index (χ1n) is 4.49. The Kier molecular flexibility index (Phi) is 3.34. The van der Waals surface area contributed by atoms with Crippen LogP contribution in [0.2, 0.25) is 0 Å². The van der Waals surface area contributed by atoms with Gasteiger partial charge in [0.1, 0.15) is 0 Å². The molecule has 0 aromatic rings. The second-order valence-corrected chi connectivity index (χ2v) is 3.90. The van der Waals surface area contributed by atoms with Crippen LogP contribution in [0.4, 0.5) is 0 Å². The van der Waals surface area contributed by atoms with Gasteiger partial charge in [0.2, 0.25) is 0 Å². The number of aliphatic hydroxyl groups is 1. The summed E-state index contributed by atoms with van der Waals surface area (Å²) in [5.41, 5.74) is 0. The van der Waals surface area contributed by atoms with Gasteiger partial charge in [0.05, 0.1) is 0 Å². The second-order valence-electron chi connectivity index (χ2n) is 3.90. The van der Waals surface area contributed by atoms with Crippen molar-refractivity contribution in [3.8, 4) is 0 Å². The first-order chi connectivity index (χ1) is 5.24. The van der Waals surface area contributed by atoms with Gasteiger partial charge in [-0.15, -0.1) is 0 Å². The minimum Gasteiger partial charge on any atom is -0.396 e. The number of rotatable bonds is 3. The molecule has 0 aliphatic heterocycles. The molecule has 0 aromatic heterocycles. The minimum atomic E-state index is 0.387. The van der Waals surface area contributed by atoms with Gasteiger partial charge in [-0.25, -0.2) is 0 Å². The topological polar surface area (TPSA) is 23.5 Å². The summed E-state index contributed by atoms with van der Waals surface area (Å²) in [6.45, 7) is 1.53. The van der Waals surface area contributed by atoms with Gasteiger partial charge in [-0.05, 0) is 38.8 Å². The largest absolute Gasteiger partial charge is 0.396 e. The molecule has 2 unspecified atom stereocenters. The van der Waals surface area contributed by atoms with E-state index in [1.54, 1.807) is 0 Å². The van der Waals surface area contributed by atoms with E-state index in [2.05, 4.69) is 19.0 Å². The third-order valence-corrected chi connectivity index (χ3v) is 2.65. The highest BCUT2D eigenvalue weighted by atomic mass is 16.3. The molecule has 66 valence electrons. The van der Waals surface area contributed by atoms with E-state index in [-0.39, 0.29) is 0 Å². The van der Waals surface area contributed by atoms with Gasteiger partial charge >= 0.3 is 0 Å². The molecule has 1 aliphatic carbocycles. The lowest BCUT2D eigenvalue weighted by molar-refractivity contribution is 0.173. The fraction of sp³-hybridized carbons (Fsp3) is 1.00. The van der Waals surface area contributed by atoms with Gasteiger partial charge in [-0.2, -0.15) is 0 Å². The average Bonchev–Trinajstić information content (AvgIpc) is 2.34. The SMILES string of the molecule is CN(C)CC1CCCC1CO. The zero-order valence-electron chi connectivity index (χ0n) is 7.58. The Labute approximate surface area is 69.2 Å². The Morgan fingerprint density at radius 1 is 1.27 bits per heavy atom. The number of hydrogen-bond acceptors (Lipinski definition) is 2. The molecule has 1 saturated carbocycles. The molecule has 1 N–H and O–H groups in total. The normalized spacial score (nSPS) is 31.6. The van der Waals surface area contributed by atoms with Crippen molar-refractivity contribution in [2.75, 3.05) is 27.2 Å². The smallest absolute Gasteiger partial charge is 0.0462 e. The average molecular weight is 157 g/mol. The number of aliphatic hydroxyl groups excluding tert-OH is 1. The molecular formula is C9H19NO. The van der Waals surface area contributed by atoms with Crippen molar-refractivity contribution in [1.82, 2.24) is 4.90 Å². The fourth-order valence-electron chi connectivity index (χ4n) is 2.06. The summed E-state index contributed by atoms with van der Waals surface area (Å²) in [5, 5.41) is 9.03. The highest BCUT2D eigenvalue weighted by molar-refractivity contribution is 4.78. The van der Waals surface area contributed by atoms with Crippen LogP contribution in [0.1, 0.15) is 19.3 Å². The first kappa shape index (κ1) is 9.01. The molecule has 0 amide bonds. The molecule has 0 saturated heterocycles. The Balaban J connectivity index is 2.31. The second kappa shape index (κ2) is 4.07. The van der Waals surface area contributed by atoms with Crippen LogP contribution in [0.15, 0.2) is 0 Å². The summed E-state index contributed by atoms with van der Waals surface area (Å²) in [6, 6.07) is 0. The molecule has 0 spiro atoms. The Hall–Kier alpha value is -0.0800. The first-order valence-corrected chi connectivity index (χ1v) is 4.49. The van der Waals surface area contributed by atoms with Crippen molar-refractivity contribution in [1.29, 1.82) is 0 Å². The lowest BCUT2D eigenvalue weighted by Gasteiger charge is -2.21. The van der Waals surface area contributed by atoms with Crippen molar-refractivity contribution in [2.45, 2.75) is 19.3 Å². The summed E-state index contributed by atoms with van der Waals surface area (Å²) >= 11 is 0. The number of hydrogen-bond donors (Lipinski definition) is 1. The highest BCUT2D eigenvalue weighted by Gasteiger charge is 2.26. The third kappa shape index (κ3) is 2.46. The van der Waals surface area contributed by atoms with Crippen molar-refractivity contribution in [2.24, 2.45) is 11.8 Å². The molecule has 2 atom stereocenters. The molecule has 2 heteroatoms. The molecule has 0 bridgehead atoms. The maximum atomic E-state index is 9.03. The Morgan fingerprint density at radius 2 is 1.91 bits per heavy atom. The van der Waals surface area contributed by atoms with Crippen LogP contribution >= 0.6 is 0 Å². The summed E-state index contributed by atoms with van der Waals surface area (Å²) in [6.07, 6.45) is 3.85. The molecule has 0 aromatic carbocycles. The number of nitrogens with zero attached hydrogens (tertiary/aromatic N) is 1. The minimum absolute atomic E-state index is 0.387. The van der Waals surface area contributed by atoms with Crippen molar-refractivity contribution < 1.29 is 5.11 Å². The van der Waals surface area contributed by atoms with Gasteiger partial charge in [-0.3, -0.25) is 0 Å². The molecular weight excluding hydrogens is 138 g/mol. The quantitative estimate of drug-likeness (QED) is 0.659. The summed E-state index contributed by atoms with van der Waals surface area (Å²) < 4.78 is 0. The lowest BCUT2D eigenvalue weighted by atomic mass is 9.97. The predicted octanol–water partition coefficient (Wildman–Crippen LogP) is 0.957. The van der Waals surface area contributed by atoms with Crippen LogP contribution in [0.5, 0.6) is 0 Å².